The lowest BCUT2D eigenvalue weighted by molar-refractivity contribution is -0.137. The lowest BCUT2D eigenvalue weighted by atomic mass is 10.1. The Morgan fingerprint density at radius 3 is 2.53 bits per heavy atom. The molecule has 2 aromatic heterocycles. The molecule has 0 radical (unpaired) electrons. The molecule has 6 nitrogen and oxygen atoms in total. The minimum absolute atomic E-state index is 0.163. The number of nitrogens with zero attached hydrogens (tertiary/aromatic N) is 2. The number of aromatic nitrogens is 2. The third-order valence-electron chi connectivity index (χ3n) is 4.39. The summed E-state index contributed by atoms with van der Waals surface area (Å²) in [5.41, 5.74) is 2.98. The van der Waals surface area contributed by atoms with Gasteiger partial charge in [-0.2, -0.15) is 0 Å². The Kier molecular flexibility index (Phi) is 7.08. The van der Waals surface area contributed by atoms with Gasteiger partial charge in [0.05, 0.1) is 11.5 Å². The average Bonchev–Trinajstić information content (AvgIpc) is 3.30. The molecule has 30 heavy (non-hydrogen) atoms. The van der Waals surface area contributed by atoms with Gasteiger partial charge < -0.3 is 10.1 Å². The molecule has 0 aliphatic rings. The molecule has 7 heteroatoms. The summed E-state index contributed by atoms with van der Waals surface area (Å²) in [6.45, 7) is 7.74. The standard InChI is InChI=1S/C23H23N3O3S/c1-4-8-17-18(5-2)25-22(19-9-7-14-30-19)26-21(17)24-16-12-10-15(11-13-16)20(27)23(28)29-6-3/h4,7,9-14H,1,5-6,8H2,2-3H3,(H,24,25,26). The highest BCUT2D eigenvalue weighted by atomic mass is 32.1. The van der Waals surface area contributed by atoms with Crippen molar-refractivity contribution < 1.29 is 14.3 Å². The van der Waals surface area contributed by atoms with Crippen molar-refractivity contribution in [3.8, 4) is 10.7 Å². The van der Waals surface area contributed by atoms with Crippen LogP contribution in [0.2, 0.25) is 0 Å². The first-order chi connectivity index (χ1) is 14.6. The summed E-state index contributed by atoms with van der Waals surface area (Å²) in [4.78, 5) is 34.2. The second-order valence-corrected chi connectivity index (χ2v) is 7.34. The number of carbonyl (C=O) groups is 2. The molecule has 0 fully saturated rings. The van der Waals surface area contributed by atoms with Crippen molar-refractivity contribution in [2.75, 3.05) is 11.9 Å². The number of carbonyl (C=O) groups excluding carboxylic acids is 2. The number of aryl methyl sites for hydroxylation is 1. The number of esters is 1. The van der Waals surface area contributed by atoms with Gasteiger partial charge in [-0.25, -0.2) is 14.8 Å². The van der Waals surface area contributed by atoms with Crippen molar-refractivity contribution in [1.29, 1.82) is 0 Å². The highest BCUT2D eigenvalue weighted by molar-refractivity contribution is 7.13. The summed E-state index contributed by atoms with van der Waals surface area (Å²) in [6, 6.07) is 10.6. The number of ether oxygens (including phenoxy) is 1. The van der Waals surface area contributed by atoms with E-state index in [-0.39, 0.29) is 12.2 Å². The fraction of sp³-hybridized carbons (Fsp3) is 0.217. The number of hydrogen-bond acceptors (Lipinski definition) is 7. The predicted octanol–water partition coefficient (Wildman–Crippen LogP) is 4.99. The van der Waals surface area contributed by atoms with Crippen molar-refractivity contribution in [2.45, 2.75) is 26.7 Å². The zero-order valence-corrected chi connectivity index (χ0v) is 17.8. The van der Waals surface area contributed by atoms with Crippen LogP contribution in [-0.4, -0.2) is 28.3 Å². The summed E-state index contributed by atoms with van der Waals surface area (Å²) in [6.07, 6.45) is 3.23. The number of ketones is 1. The maximum atomic E-state index is 12.1. The minimum Gasteiger partial charge on any atom is -0.460 e. The van der Waals surface area contributed by atoms with Gasteiger partial charge in [-0.1, -0.05) is 19.1 Å². The van der Waals surface area contributed by atoms with Crippen LogP contribution in [0, 0.1) is 0 Å². The fourth-order valence-electron chi connectivity index (χ4n) is 2.96. The van der Waals surface area contributed by atoms with Gasteiger partial charge in [-0.05, 0) is 55.5 Å². The first-order valence-corrected chi connectivity index (χ1v) is 10.6. The number of thiophene rings is 1. The Hall–Kier alpha value is -3.32. The van der Waals surface area contributed by atoms with Crippen LogP contribution in [0.5, 0.6) is 0 Å². The molecular weight excluding hydrogens is 398 g/mol. The van der Waals surface area contributed by atoms with Crippen molar-refractivity contribution in [1.82, 2.24) is 9.97 Å². The lowest BCUT2D eigenvalue weighted by Crippen LogP contribution is -2.17. The van der Waals surface area contributed by atoms with Gasteiger partial charge in [-0.3, -0.25) is 4.79 Å². The van der Waals surface area contributed by atoms with E-state index in [1.807, 2.05) is 23.6 Å². The molecule has 0 unspecified atom stereocenters. The molecule has 2 heterocycles. The van der Waals surface area contributed by atoms with Gasteiger partial charge in [0.1, 0.15) is 5.82 Å². The van der Waals surface area contributed by atoms with Crippen molar-refractivity contribution in [3.63, 3.8) is 0 Å². The van der Waals surface area contributed by atoms with E-state index in [4.69, 9.17) is 14.7 Å². The number of anilines is 2. The first kappa shape index (κ1) is 21.4. The second kappa shape index (κ2) is 9.93. The van der Waals surface area contributed by atoms with E-state index in [0.717, 1.165) is 28.2 Å². The van der Waals surface area contributed by atoms with Crippen molar-refractivity contribution >= 4 is 34.6 Å². The van der Waals surface area contributed by atoms with Crippen molar-refractivity contribution in [2.24, 2.45) is 0 Å². The SMILES string of the molecule is C=CCc1c(CC)nc(-c2cccs2)nc1Nc1ccc(C(=O)C(=O)OCC)cc1. The number of rotatable bonds is 9. The Balaban J connectivity index is 1.93. The maximum Gasteiger partial charge on any atom is 0.379 e. The highest BCUT2D eigenvalue weighted by Crippen LogP contribution is 2.28. The Morgan fingerprint density at radius 1 is 1.17 bits per heavy atom. The van der Waals surface area contributed by atoms with E-state index in [0.29, 0.717) is 18.1 Å². The van der Waals surface area contributed by atoms with Crippen LogP contribution in [0.25, 0.3) is 10.7 Å². The maximum absolute atomic E-state index is 12.1. The minimum atomic E-state index is -0.851. The molecular formula is C23H23N3O3S. The molecule has 0 spiro atoms. The van der Waals surface area contributed by atoms with Crippen molar-refractivity contribution in [3.05, 3.63) is 71.3 Å². The van der Waals surface area contributed by atoms with Crippen LogP contribution >= 0.6 is 11.3 Å². The first-order valence-electron chi connectivity index (χ1n) is 9.70. The molecule has 0 bridgehead atoms. The van der Waals surface area contributed by atoms with Crippen LogP contribution in [0.3, 0.4) is 0 Å². The molecule has 0 atom stereocenters. The van der Waals surface area contributed by atoms with E-state index >= 15 is 0 Å². The number of nitrogens with one attached hydrogen (secondary N) is 1. The quantitative estimate of drug-likeness (QED) is 0.227. The third-order valence-corrected chi connectivity index (χ3v) is 5.25. The molecule has 1 aromatic carbocycles. The number of allylic oxidation sites excluding steroid dienone is 1. The van der Waals surface area contributed by atoms with Crippen LogP contribution in [0.1, 0.15) is 35.5 Å². The van der Waals surface area contributed by atoms with E-state index in [1.54, 1.807) is 42.5 Å². The van der Waals surface area contributed by atoms with E-state index in [9.17, 15) is 9.59 Å². The zero-order chi connectivity index (χ0) is 21.5. The summed E-state index contributed by atoms with van der Waals surface area (Å²) < 4.78 is 4.77. The van der Waals surface area contributed by atoms with E-state index in [2.05, 4.69) is 18.8 Å². The molecule has 0 aliphatic heterocycles. The Bertz CT molecular complexity index is 1040. The summed E-state index contributed by atoms with van der Waals surface area (Å²) in [7, 11) is 0. The molecule has 0 amide bonds. The highest BCUT2D eigenvalue weighted by Gasteiger charge is 2.18. The van der Waals surface area contributed by atoms with Gasteiger partial charge in [0.25, 0.3) is 5.78 Å². The molecule has 1 N–H and O–H groups in total. The molecule has 0 saturated carbocycles. The molecule has 0 saturated heterocycles. The number of Topliss-reactive ketones (excluding diaryl/α,β-unsaturated/α-hetero) is 1. The average molecular weight is 422 g/mol. The van der Waals surface area contributed by atoms with Gasteiger partial charge >= 0.3 is 5.97 Å². The van der Waals surface area contributed by atoms with Gasteiger partial charge in [0, 0.05) is 22.5 Å². The Labute approximate surface area is 179 Å². The predicted molar refractivity (Wildman–Crippen MR) is 119 cm³/mol. The number of hydrogen-bond donors (Lipinski definition) is 1. The summed E-state index contributed by atoms with van der Waals surface area (Å²) in [5, 5.41) is 5.33. The van der Waals surface area contributed by atoms with E-state index in [1.165, 1.54) is 0 Å². The lowest BCUT2D eigenvalue weighted by Gasteiger charge is -2.15. The normalized spacial score (nSPS) is 10.5. The van der Waals surface area contributed by atoms with Crippen LogP contribution in [0.4, 0.5) is 11.5 Å². The Morgan fingerprint density at radius 2 is 1.93 bits per heavy atom. The monoisotopic (exact) mass is 421 g/mol. The van der Waals surface area contributed by atoms with Crippen LogP contribution < -0.4 is 5.32 Å². The number of benzene rings is 1. The topological polar surface area (TPSA) is 81.2 Å². The van der Waals surface area contributed by atoms with Gasteiger partial charge in [0.15, 0.2) is 5.82 Å². The third kappa shape index (κ3) is 4.80. The van der Waals surface area contributed by atoms with Crippen LogP contribution in [-0.2, 0) is 22.4 Å². The summed E-state index contributed by atoms with van der Waals surface area (Å²) in [5.74, 6) is -0.137. The summed E-state index contributed by atoms with van der Waals surface area (Å²) >= 11 is 1.59. The van der Waals surface area contributed by atoms with Gasteiger partial charge in [0.2, 0.25) is 0 Å². The molecule has 154 valence electrons. The molecule has 3 aromatic rings. The molecule has 0 aliphatic carbocycles. The van der Waals surface area contributed by atoms with Crippen LogP contribution in [0.15, 0.2) is 54.4 Å². The molecule has 3 rings (SSSR count). The fourth-order valence-corrected chi connectivity index (χ4v) is 3.61. The second-order valence-electron chi connectivity index (χ2n) is 6.40. The van der Waals surface area contributed by atoms with Gasteiger partial charge in [-0.15, -0.1) is 17.9 Å². The zero-order valence-electron chi connectivity index (χ0n) is 17.0. The smallest absolute Gasteiger partial charge is 0.379 e. The largest absolute Gasteiger partial charge is 0.460 e. The van der Waals surface area contributed by atoms with E-state index < -0.39 is 11.8 Å².